The van der Waals surface area contributed by atoms with Crippen LogP contribution in [0.4, 0.5) is 37.7 Å². The zero-order valence-electron chi connectivity index (χ0n) is 25.7. The van der Waals surface area contributed by atoms with Crippen LogP contribution in [0.5, 0.6) is 0 Å². The number of aromatic nitrogens is 2. The van der Waals surface area contributed by atoms with Crippen LogP contribution in [-0.2, 0) is 46.2 Å². The fraction of sp³-hybridized carbons (Fsp3) is 0.367. The molecule has 18 heteroatoms. The Morgan fingerprint density at radius 3 is 1.94 bits per heavy atom. The number of nitrogens with zero attached hydrogens (tertiary/aromatic N) is 4. The average Bonchev–Trinajstić information content (AvgIpc) is 3.40. The lowest BCUT2D eigenvalue weighted by Gasteiger charge is -2.24. The number of hydrogen-bond acceptors (Lipinski definition) is 6. The molecule has 4 rings (SSSR count). The molecule has 1 aromatic heterocycles. The number of rotatable bonds is 12. The van der Waals surface area contributed by atoms with E-state index in [0.29, 0.717) is 29.4 Å². The van der Waals surface area contributed by atoms with Crippen molar-refractivity contribution in [3.8, 4) is 0 Å². The summed E-state index contributed by atoms with van der Waals surface area (Å²) in [6, 6.07) is 6.44. The van der Waals surface area contributed by atoms with Crippen molar-refractivity contribution >= 4 is 48.7 Å². The highest BCUT2D eigenvalue weighted by Crippen LogP contribution is 2.44. The third-order valence-corrected chi connectivity index (χ3v) is 9.22. The monoisotopic (exact) mass is 723 g/mol. The van der Waals surface area contributed by atoms with Gasteiger partial charge in [-0.3, -0.25) is 9.11 Å². The van der Waals surface area contributed by atoms with Crippen LogP contribution in [0.2, 0.25) is 0 Å². The van der Waals surface area contributed by atoms with Gasteiger partial charge in [0.25, 0.3) is 26.1 Å². The maximum Gasteiger partial charge on any atom is 0.416 e. The highest BCUT2D eigenvalue weighted by Gasteiger charge is 2.36. The van der Waals surface area contributed by atoms with Gasteiger partial charge in [0, 0.05) is 31.7 Å². The van der Waals surface area contributed by atoms with E-state index >= 15 is 0 Å². The molecule has 0 fully saturated rings. The van der Waals surface area contributed by atoms with E-state index in [2.05, 4.69) is 0 Å². The predicted octanol–water partition coefficient (Wildman–Crippen LogP) is 5.82. The minimum absolute atomic E-state index is 0.0282. The Kier molecular flexibility index (Phi) is 10.7. The Balaban J connectivity index is 1.70. The largest absolute Gasteiger partial charge is 0.416 e. The van der Waals surface area contributed by atoms with Crippen molar-refractivity contribution in [2.75, 3.05) is 34.4 Å². The van der Waals surface area contributed by atoms with E-state index in [4.69, 9.17) is 4.55 Å². The minimum Gasteiger partial charge on any atom is -0.326 e. The first-order valence-corrected chi connectivity index (χ1v) is 17.7. The van der Waals surface area contributed by atoms with Crippen LogP contribution < -0.4 is 14.4 Å². The molecule has 0 saturated heterocycles. The van der Waals surface area contributed by atoms with Crippen molar-refractivity contribution in [3.05, 3.63) is 83.5 Å². The summed E-state index contributed by atoms with van der Waals surface area (Å²) >= 11 is 0. The highest BCUT2D eigenvalue weighted by atomic mass is 32.2. The van der Waals surface area contributed by atoms with Crippen LogP contribution in [0, 0.1) is 0 Å². The van der Waals surface area contributed by atoms with E-state index < -0.39 is 55.2 Å². The van der Waals surface area contributed by atoms with Crippen LogP contribution in [0.3, 0.4) is 0 Å². The summed E-state index contributed by atoms with van der Waals surface area (Å²) in [6.45, 7) is 2.07. The second-order valence-corrected chi connectivity index (χ2v) is 14.1. The lowest BCUT2D eigenvalue weighted by Crippen LogP contribution is -2.31. The van der Waals surface area contributed by atoms with Crippen LogP contribution in [0.15, 0.2) is 66.5 Å². The topological polar surface area (TPSA) is 124 Å². The van der Waals surface area contributed by atoms with E-state index in [9.17, 15) is 47.7 Å². The second kappa shape index (κ2) is 13.9. The van der Waals surface area contributed by atoms with Crippen LogP contribution in [-0.4, -0.2) is 55.1 Å². The maximum atomic E-state index is 13.5. The zero-order chi connectivity index (χ0) is 35.7. The standard InChI is InChI=1S/C30H32F6N4O6S2/c1-3-38-24-14-12-22(30(34,35)36)20-26(24)40(16-8-18-48(44,45)46)28(38)10-6-4-5-9-27-37(2)23-13-11-21(29(31,32)33)19-25(23)39(27)15-7-17-47(41,42)43/h4-6,9-14,19-20H,3,7-8,15-18H2,1-2H3,(H-,41,42,43,44,45,46)/p+1. The first-order chi connectivity index (χ1) is 22.2. The molecule has 2 heterocycles. The molecule has 0 atom stereocenters. The molecule has 1 aliphatic heterocycles. The number of halogens is 6. The van der Waals surface area contributed by atoms with E-state index in [1.54, 1.807) is 53.8 Å². The van der Waals surface area contributed by atoms with Crippen molar-refractivity contribution in [1.82, 2.24) is 4.57 Å². The van der Waals surface area contributed by atoms with E-state index in [1.165, 1.54) is 21.6 Å². The number of hydrogen-bond donors (Lipinski definition) is 2. The molecule has 0 spiro atoms. The lowest BCUT2D eigenvalue weighted by atomic mass is 10.1. The number of aryl methyl sites for hydroxylation is 2. The fourth-order valence-electron chi connectivity index (χ4n) is 5.51. The van der Waals surface area contributed by atoms with Gasteiger partial charge in [-0.15, -0.1) is 0 Å². The number of benzene rings is 2. The molecular formula is C30H33F6N4O6S2+. The van der Waals surface area contributed by atoms with Crippen molar-refractivity contribution < 1.29 is 56.9 Å². The quantitative estimate of drug-likeness (QED) is 0.104. The Morgan fingerprint density at radius 2 is 1.35 bits per heavy atom. The SMILES string of the molecule is CCN1\C(=C/C=C/C=C/c2n(CCCS(=O)(=O)O)c3cc(C(F)(F)F)ccc3[n+]2C)N(CCCS(=O)(=O)O)c2cc(C(F)(F)F)ccc21. The Hall–Kier alpha value is -3.87. The minimum atomic E-state index is -4.62. The predicted molar refractivity (Wildman–Crippen MR) is 168 cm³/mol. The third-order valence-electron chi connectivity index (χ3n) is 7.61. The molecule has 1 aliphatic rings. The highest BCUT2D eigenvalue weighted by molar-refractivity contribution is 7.86. The second-order valence-electron chi connectivity index (χ2n) is 10.9. The van der Waals surface area contributed by atoms with Gasteiger partial charge in [0.05, 0.1) is 47.6 Å². The van der Waals surface area contributed by atoms with Gasteiger partial charge in [0.15, 0.2) is 11.0 Å². The molecule has 2 N–H and O–H groups in total. The number of imidazole rings is 1. The van der Waals surface area contributed by atoms with Crippen LogP contribution in [0.1, 0.15) is 36.7 Å². The lowest BCUT2D eigenvalue weighted by molar-refractivity contribution is -0.647. The molecule has 0 amide bonds. The molecule has 262 valence electrons. The molecule has 48 heavy (non-hydrogen) atoms. The zero-order valence-corrected chi connectivity index (χ0v) is 27.3. The summed E-state index contributed by atoms with van der Waals surface area (Å²) < 4.78 is 148. The fourth-order valence-corrected chi connectivity index (χ4v) is 6.49. The number of anilines is 2. The summed E-state index contributed by atoms with van der Waals surface area (Å²) in [5.74, 6) is -0.355. The smallest absolute Gasteiger partial charge is 0.326 e. The van der Waals surface area contributed by atoms with Crippen molar-refractivity contribution in [2.24, 2.45) is 7.05 Å². The molecule has 3 aromatic rings. The molecule has 0 saturated carbocycles. The van der Waals surface area contributed by atoms with Crippen LogP contribution >= 0.6 is 0 Å². The summed E-state index contributed by atoms with van der Waals surface area (Å²) in [5.41, 5.74) is -0.494. The third kappa shape index (κ3) is 8.77. The van der Waals surface area contributed by atoms with Gasteiger partial charge in [-0.1, -0.05) is 18.2 Å². The van der Waals surface area contributed by atoms with Crippen molar-refractivity contribution in [3.63, 3.8) is 0 Å². The number of allylic oxidation sites excluding steroid dienone is 4. The summed E-state index contributed by atoms with van der Waals surface area (Å²) in [7, 11) is -7.01. The van der Waals surface area contributed by atoms with Gasteiger partial charge < -0.3 is 9.80 Å². The summed E-state index contributed by atoms with van der Waals surface area (Å²) in [4.78, 5) is 3.26. The maximum absolute atomic E-state index is 13.5. The van der Waals surface area contributed by atoms with Gasteiger partial charge in [0.1, 0.15) is 5.82 Å². The molecule has 0 aliphatic carbocycles. The van der Waals surface area contributed by atoms with Gasteiger partial charge in [-0.25, -0.2) is 9.13 Å². The first-order valence-electron chi connectivity index (χ1n) is 14.5. The Bertz CT molecular complexity index is 1980. The van der Waals surface area contributed by atoms with Gasteiger partial charge in [0.2, 0.25) is 0 Å². The van der Waals surface area contributed by atoms with E-state index in [0.717, 1.165) is 24.3 Å². The number of alkyl halides is 6. The van der Waals surface area contributed by atoms with Gasteiger partial charge >= 0.3 is 12.4 Å². The Morgan fingerprint density at radius 1 is 0.771 bits per heavy atom. The molecule has 2 aromatic carbocycles. The van der Waals surface area contributed by atoms with E-state index in [1.807, 2.05) is 0 Å². The summed E-state index contributed by atoms with van der Waals surface area (Å²) in [5, 5.41) is 0. The van der Waals surface area contributed by atoms with Crippen molar-refractivity contribution in [2.45, 2.75) is 38.7 Å². The molecule has 10 nitrogen and oxygen atoms in total. The van der Waals surface area contributed by atoms with Crippen molar-refractivity contribution in [1.29, 1.82) is 0 Å². The van der Waals surface area contributed by atoms with E-state index in [-0.39, 0.29) is 37.1 Å². The molecular weight excluding hydrogens is 690 g/mol. The van der Waals surface area contributed by atoms with Crippen LogP contribution in [0.25, 0.3) is 17.1 Å². The normalized spacial score (nSPS) is 15.6. The molecule has 0 unspecified atom stereocenters. The summed E-state index contributed by atoms with van der Waals surface area (Å²) in [6.07, 6.45) is -1.51. The molecule has 0 bridgehead atoms. The van der Waals surface area contributed by atoms with Gasteiger partial charge in [-0.05, 0) is 49.8 Å². The Labute approximate surface area is 273 Å². The number of fused-ring (bicyclic) bond motifs is 2. The van der Waals surface area contributed by atoms with Gasteiger partial charge in [-0.2, -0.15) is 43.2 Å². The first kappa shape index (κ1) is 37.0. The average molecular weight is 724 g/mol. The molecule has 0 radical (unpaired) electrons.